The van der Waals surface area contributed by atoms with E-state index in [9.17, 15) is 14.0 Å². The number of anilines is 2. The van der Waals surface area contributed by atoms with Gasteiger partial charge in [0.05, 0.1) is 10.6 Å². The van der Waals surface area contributed by atoms with Crippen LogP contribution in [-0.2, 0) is 16.1 Å². The summed E-state index contributed by atoms with van der Waals surface area (Å²) < 4.78 is 15.4. The van der Waals surface area contributed by atoms with E-state index in [4.69, 9.17) is 23.8 Å². The molecule has 0 bridgehead atoms. The molecule has 5 rings (SSSR count). The fourth-order valence-corrected chi connectivity index (χ4v) is 5.33. The van der Waals surface area contributed by atoms with Crippen molar-refractivity contribution in [3.8, 4) is 0 Å². The summed E-state index contributed by atoms with van der Waals surface area (Å²) in [4.78, 5) is 27.8. The minimum Gasteiger partial charge on any atom is -0.337 e. The first kappa shape index (κ1) is 23.3. The Labute approximate surface area is 215 Å². The van der Waals surface area contributed by atoms with Gasteiger partial charge in [0.25, 0.3) is 5.91 Å². The van der Waals surface area contributed by atoms with Crippen molar-refractivity contribution in [2.45, 2.75) is 6.54 Å². The fraction of sp³-hybridized carbons (Fsp3) is 0.0385. The third kappa shape index (κ3) is 4.86. The van der Waals surface area contributed by atoms with Gasteiger partial charge >= 0.3 is 0 Å². The molecule has 3 aromatic carbocycles. The topological polar surface area (TPSA) is 54.3 Å². The Morgan fingerprint density at radius 1 is 1.09 bits per heavy atom. The number of para-hydroxylation sites is 1. The summed E-state index contributed by atoms with van der Waals surface area (Å²) in [5.74, 6) is -0.853. The maximum absolute atomic E-state index is 13.2. The number of aromatic nitrogens is 1. The van der Waals surface area contributed by atoms with Crippen LogP contribution in [0.15, 0.2) is 83.9 Å². The van der Waals surface area contributed by atoms with Crippen LogP contribution in [0.1, 0.15) is 5.56 Å². The number of nitrogens with one attached hydrogen (secondary N) is 1. The highest BCUT2D eigenvalue weighted by Gasteiger charge is 2.33. The Kier molecular flexibility index (Phi) is 6.42. The number of nitrogens with zero attached hydrogens (tertiary/aromatic N) is 2. The lowest BCUT2D eigenvalue weighted by Crippen LogP contribution is -2.27. The quantitative estimate of drug-likeness (QED) is 0.241. The molecular formula is C26H17ClFN3O2S2. The van der Waals surface area contributed by atoms with Crippen molar-refractivity contribution < 1.29 is 14.0 Å². The molecule has 5 nitrogen and oxygen atoms in total. The highest BCUT2D eigenvalue weighted by molar-refractivity contribution is 8.27. The number of carbonyl (C=O) groups is 2. The van der Waals surface area contributed by atoms with Gasteiger partial charge in [-0.15, -0.1) is 0 Å². The summed E-state index contributed by atoms with van der Waals surface area (Å²) in [5, 5.41) is 4.19. The lowest BCUT2D eigenvalue weighted by atomic mass is 10.1. The normalized spacial score (nSPS) is 14.8. The second kappa shape index (κ2) is 9.65. The summed E-state index contributed by atoms with van der Waals surface area (Å²) in [6.45, 7) is 0.0508. The smallest absolute Gasteiger partial charge is 0.270 e. The summed E-state index contributed by atoms with van der Waals surface area (Å²) in [5.41, 5.74) is 2.76. The van der Waals surface area contributed by atoms with Gasteiger partial charge in [-0.05, 0) is 54.6 Å². The molecule has 4 aromatic rings. The number of thiocarbonyl (C=S) groups is 1. The van der Waals surface area contributed by atoms with E-state index in [1.54, 1.807) is 30.3 Å². The third-order valence-electron chi connectivity index (χ3n) is 5.41. The molecule has 35 heavy (non-hydrogen) atoms. The molecule has 0 unspecified atom stereocenters. The first-order chi connectivity index (χ1) is 16.9. The van der Waals surface area contributed by atoms with E-state index in [0.29, 0.717) is 25.6 Å². The van der Waals surface area contributed by atoms with Crippen molar-refractivity contribution in [2.75, 3.05) is 10.2 Å². The van der Waals surface area contributed by atoms with Gasteiger partial charge in [0.1, 0.15) is 12.4 Å². The number of thioether (sulfide) groups is 1. The Hall–Kier alpha value is -3.46. The molecule has 1 N–H and O–H groups in total. The summed E-state index contributed by atoms with van der Waals surface area (Å²) >= 11 is 12.8. The van der Waals surface area contributed by atoms with Gasteiger partial charge in [0.15, 0.2) is 4.32 Å². The molecule has 0 saturated carbocycles. The molecule has 2 amide bonds. The molecule has 0 atom stereocenters. The van der Waals surface area contributed by atoms with E-state index in [2.05, 4.69) is 5.32 Å². The molecule has 9 heteroatoms. The first-order valence-electron chi connectivity index (χ1n) is 10.6. The van der Waals surface area contributed by atoms with Crippen molar-refractivity contribution >= 4 is 80.1 Å². The SMILES string of the molecule is O=C(Cn1cc(/C=C2/SC(=S)N(c3cccc(Cl)c3)C2=O)c2ccccc21)Nc1ccc(F)cc1. The average molecular weight is 522 g/mol. The molecule has 174 valence electrons. The number of hydrogen-bond acceptors (Lipinski definition) is 4. The Morgan fingerprint density at radius 3 is 2.63 bits per heavy atom. The molecule has 1 aromatic heterocycles. The molecule has 1 saturated heterocycles. The maximum Gasteiger partial charge on any atom is 0.270 e. The van der Waals surface area contributed by atoms with Gasteiger partial charge in [-0.2, -0.15) is 0 Å². The van der Waals surface area contributed by atoms with Gasteiger partial charge in [0.2, 0.25) is 5.91 Å². The second-order valence-corrected chi connectivity index (χ2v) is 9.89. The lowest BCUT2D eigenvalue weighted by Gasteiger charge is -2.14. The predicted octanol–water partition coefficient (Wildman–Crippen LogP) is 6.48. The highest BCUT2D eigenvalue weighted by atomic mass is 35.5. The number of hydrogen-bond donors (Lipinski definition) is 1. The minimum atomic E-state index is -0.371. The van der Waals surface area contributed by atoms with Gasteiger partial charge in [-0.3, -0.25) is 14.5 Å². The van der Waals surface area contributed by atoms with Crippen molar-refractivity contribution in [3.05, 3.63) is 100 Å². The molecule has 0 aliphatic carbocycles. The van der Waals surface area contributed by atoms with E-state index >= 15 is 0 Å². The molecule has 0 spiro atoms. The average Bonchev–Trinajstić information content (AvgIpc) is 3.31. The number of carbonyl (C=O) groups excluding carboxylic acids is 2. The Balaban J connectivity index is 1.43. The number of halogens is 2. The maximum atomic E-state index is 13.2. The van der Waals surface area contributed by atoms with Crippen LogP contribution in [-0.4, -0.2) is 20.7 Å². The standard InChI is InChI=1S/C26H17ClFN3O2S2/c27-17-4-3-5-20(13-17)31-25(33)23(35-26(31)34)12-16-14-30(22-7-2-1-6-21(16)22)15-24(32)29-19-10-8-18(28)9-11-19/h1-14H,15H2,(H,29,32)/b23-12+. The predicted molar refractivity (Wildman–Crippen MR) is 144 cm³/mol. The van der Waals surface area contributed by atoms with Crippen molar-refractivity contribution in [3.63, 3.8) is 0 Å². The van der Waals surface area contributed by atoms with Crippen molar-refractivity contribution in [1.29, 1.82) is 0 Å². The van der Waals surface area contributed by atoms with E-state index in [0.717, 1.165) is 16.5 Å². The van der Waals surface area contributed by atoms with Crippen LogP contribution in [0, 0.1) is 5.82 Å². The zero-order valence-electron chi connectivity index (χ0n) is 18.1. The van der Waals surface area contributed by atoms with Gasteiger partial charge in [0, 0.05) is 33.4 Å². The number of benzene rings is 3. The van der Waals surface area contributed by atoms with Crippen LogP contribution in [0.2, 0.25) is 5.02 Å². The van der Waals surface area contributed by atoms with Crippen molar-refractivity contribution in [2.24, 2.45) is 0 Å². The second-order valence-electron chi connectivity index (χ2n) is 7.78. The van der Waals surface area contributed by atoms with Crippen molar-refractivity contribution in [1.82, 2.24) is 4.57 Å². The van der Waals surface area contributed by atoms with E-state index in [1.807, 2.05) is 35.0 Å². The largest absolute Gasteiger partial charge is 0.337 e. The zero-order valence-corrected chi connectivity index (χ0v) is 20.5. The van der Waals surface area contributed by atoms with Gasteiger partial charge in [-0.25, -0.2) is 4.39 Å². The summed E-state index contributed by atoms with van der Waals surface area (Å²) in [6, 6.07) is 20.2. The molecule has 1 aliphatic heterocycles. The Bertz CT molecular complexity index is 1510. The van der Waals surface area contributed by atoms with E-state index in [1.165, 1.54) is 40.9 Å². The van der Waals surface area contributed by atoms with E-state index < -0.39 is 0 Å². The Morgan fingerprint density at radius 2 is 1.86 bits per heavy atom. The fourth-order valence-electron chi connectivity index (χ4n) is 3.86. The minimum absolute atomic E-state index is 0.0508. The lowest BCUT2D eigenvalue weighted by molar-refractivity contribution is -0.116. The number of rotatable bonds is 5. The molecule has 1 aliphatic rings. The molecule has 0 radical (unpaired) electrons. The molecule has 1 fully saturated rings. The number of amides is 2. The molecular weight excluding hydrogens is 505 g/mol. The van der Waals surface area contributed by atoms with Crippen LogP contribution >= 0.6 is 35.6 Å². The van der Waals surface area contributed by atoms with E-state index in [-0.39, 0.29) is 24.2 Å². The van der Waals surface area contributed by atoms with Gasteiger partial charge in [-0.1, -0.05) is 59.8 Å². The first-order valence-corrected chi connectivity index (χ1v) is 12.2. The summed E-state index contributed by atoms with van der Waals surface area (Å²) in [7, 11) is 0. The zero-order chi connectivity index (χ0) is 24.5. The van der Waals surface area contributed by atoms with Crippen LogP contribution in [0.4, 0.5) is 15.8 Å². The summed E-state index contributed by atoms with van der Waals surface area (Å²) in [6.07, 6.45) is 3.63. The third-order valence-corrected chi connectivity index (χ3v) is 6.95. The molecule has 2 heterocycles. The van der Waals surface area contributed by atoms with Crippen LogP contribution in [0.3, 0.4) is 0 Å². The highest BCUT2D eigenvalue weighted by Crippen LogP contribution is 2.37. The van der Waals surface area contributed by atoms with Crippen LogP contribution < -0.4 is 10.2 Å². The monoisotopic (exact) mass is 521 g/mol. The van der Waals surface area contributed by atoms with Crippen LogP contribution in [0.5, 0.6) is 0 Å². The van der Waals surface area contributed by atoms with Crippen LogP contribution in [0.25, 0.3) is 17.0 Å². The van der Waals surface area contributed by atoms with Gasteiger partial charge < -0.3 is 9.88 Å². The number of fused-ring (bicyclic) bond motifs is 1.